The van der Waals surface area contributed by atoms with Gasteiger partial charge in [0.2, 0.25) is 5.89 Å². The minimum Gasteiger partial charge on any atom is -0.443 e. The molecule has 3 N–H and O–H groups in total. The highest BCUT2D eigenvalue weighted by atomic mass is 19.1. The van der Waals surface area contributed by atoms with Gasteiger partial charge in [0.05, 0.1) is 11.9 Å². The third-order valence-corrected chi connectivity index (χ3v) is 3.31. The number of hydrogen-bond donors (Lipinski definition) is 2. The molecule has 0 unspecified atom stereocenters. The lowest BCUT2D eigenvalue weighted by Gasteiger charge is -2.09. The Morgan fingerprint density at radius 3 is 2.71 bits per heavy atom. The second-order valence-corrected chi connectivity index (χ2v) is 5.04. The molecule has 2 heterocycles. The number of nitrogens with two attached hydrogens (primary N) is 1. The number of halogens is 1. The van der Waals surface area contributed by atoms with E-state index in [4.69, 9.17) is 10.2 Å². The van der Waals surface area contributed by atoms with Crippen molar-refractivity contribution in [1.82, 2.24) is 20.3 Å². The highest BCUT2D eigenvalue weighted by Crippen LogP contribution is 2.20. The molecule has 8 heteroatoms. The van der Waals surface area contributed by atoms with Crippen LogP contribution in [0, 0.1) is 12.7 Å². The third kappa shape index (κ3) is 3.22. The lowest BCUT2D eigenvalue weighted by atomic mass is 10.2. The van der Waals surface area contributed by atoms with Crippen molar-refractivity contribution >= 4 is 11.7 Å². The molecule has 7 nitrogen and oxygen atoms in total. The molecular formula is C16H14FN5O2. The summed E-state index contributed by atoms with van der Waals surface area (Å²) < 4.78 is 18.0. The van der Waals surface area contributed by atoms with Gasteiger partial charge in [-0.05, 0) is 24.6 Å². The topological polar surface area (TPSA) is 107 Å². The Kier molecular flexibility index (Phi) is 4.19. The molecule has 0 aliphatic heterocycles. The van der Waals surface area contributed by atoms with Crippen LogP contribution in [-0.2, 0) is 6.54 Å². The number of nitrogens with one attached hydrogen (secondary N) is 1. The van der Waals surface area contributed by atoms with Gasteiger partial charge in [-0.25, -0.2) is 19.3 Å². The summed E-state index contributed by atoms with van der Waals surface area (Å²) in [5.41, 5.74) is 7.46. The molecule has 0 aliphatic carbocycles. The SMILES string of the molecule is Cc1nc(C(=O)NCc2ccc(F)cc2)c(N)nc1-c1ncco1. The zero-order valence-corrected chi connectivity index (χ0v) is 12.8. The van der Waals surface area contributed by atoms with Crippen molar-refractivity contribution in [2.45, 2.75) is 13.5 Å². The maximum Gasteiger partial charge on any atom is 0.273 e. The van der Waals surface area contributed by atoms with E-state index in [0.29, 0.717) is 11.4 Å². The fourth-order valence-corrected chi connectivity index (χ4v) is 2.11. The van der Waals surface area contributed by atoms with Gasteiger partial charge in [0, 0.05) is 6.54 Å². The Hall–Kier alpha value is -3.29. The number of anilines is 1. The summed E-state index contributed by atoms with van der Waals surface area (Å²) in [6, 6.07) is 5.82. The van der Waals surface area contributed by atoms with Crippen LogP contribution in [0.3, 0.4) is 0 Å². The van der Waals surface area contributed by atoms with E-state index in [1.54, 1.807) is 19.1 Å². The summed E-state index contributed by atoms with van der Waals surface area (Å²) in [4.78, 5) is 24.6. The van der Waals surface area contributed by atoms with Crippen molar-refractivity contribution < 1.29 is 13.6 Å². The fraction of sp³-hybridized carbons (Fsp3) is 0.125. The van der Waals surface area contributed by atoms with Gasteiger partial charge in [0.1, 0.15) is 17.8 Å². The number of nitrogens with zero attached hydrogens (tertiary/aromatic N) is 3. The number of hydrogen-bond acceptors (Lipinski definition) is 6. The monoisotopic (exact) mass is 327 g/mol. The van der Waals surface area contributed by atoms with Crippen LogP contribution in [0.25, 0.3) is 11.6 Å². The summed E-state index contributed by atoms with van der Waals surface area (Å²) in [6.45, 7) is 1.91. The molecule has 1 amide bonds. The van der Waals surface area contributed by atoms with Crippen LogP contribution in [0.4, 0.5) is 10.2 Å². The van der Waals surface area contributed by atoms with Gasteiger partial charge in [-0.1, -0.05) is 12.1 Å². The zero-order chi connectivity index (χ0) is 17.1. The Balaban J connectivity index is 1.77. The summed E-state index contributed by atoms with van der Waals surface area (Å²) in [5, 5.41) is 2.67. The second kappa shape index (κ2) is 6.45. The minimum atomic E-state index is -0.466. The zero-order valence-electron chi connectivity index (χ0n) is 12.8. The quantitative estimate of drug-likeness (QED) is 0.760. The summed E-state index contributed by atoms with van der Waals surface area (Å²) in [5.74, 6) is -0.542. The van der Waals surface area contributed by atoms with E-state index in [2.05, 4.69) is 20.3 Å². The maximum atomic E-state index is 12.9. The number of oxazole rings is 1. The Morgan fingerprint density at radius 1 is 1.29 bits per heavy atom. The van der Waals surface area contributed by atoms with Crippen LogP contribution < -0.4 is 11.1 Å². The van der Waals surface area contributed by atoms with Gasteiger partial charge in [-0.2, -0.15) is 0 Å². The van der Waals surface area contributed by atoms with Gasteiger partial charge < -0.3 is 15.5 Å². The van der Waals surface area contributed by atoms with E-state index in [1.165, 1.54) is 24.6 Å². The van der Waals surface area contributed by atoms with Crippen LogP contribution >= 0.6 is 0 Å². The fourth-order valence-electron chi connectivity index (χ4n) is 2.11. The molecule has 0 saturated carbocycles. The van der Waals surface area contributed by atoms with E-state index in [1.807, 2.05) is 0 Å². The molecule has 0 fully saturated rings. The molecule has 24 heavy (non-hydrogen) atoms. The van der Waals surface area contributed by atoms with Crippen molar-refractivity contribution in [2.75, 3.05) is 5.73 Å². The molecule has 0 bridgehead atoms. The van der Waals surface area contributed by atoms with Gasteiger partial charge >= 0.3 is 0 Å². The van der Waals surface area contributed by atoms with Gasteiger partial charge in [-0.15, -0.1) is 0 Å². The van der Waals surface area contributed by atoms with Crippen molar-refractivity contribution in [1.29, 1.82) is 0 Å². The Bertz CT molecular complexity index is 863. The molecule has 2 aromatic heterocycles. The first-order valence-corrected chi connectivity index (χ1v) is 7.11. The average molecular weight is 327 g/mol. The summed E-state index contributed by atoms with van der Waals surface area (Å²) >= 11 is 0. The van der Waals surface area contributed by atoms with E-state index < -0.39 is 5.91 Å². The number of aromatic nitrogens is 3. The summed E-state index contributed by atoms with van der Waals surface area (Å²) in [7, 11) is 0. The van der Waals surface area contributed by atoms with Crippen molar-refractivity contribution in [2.24, 2.45) is 0 Å². The number of benzene rings is 1. The maximum absolute atomic E-state index is 12.9. The van der Waals surface area contributed by atoms with E-state index >= 15 is 0 Å². The predicted octanol–water partition coefficient (Wildman–Crippen LogP) is 2.09. The normalized spacial score (nSPS) is 10.6. The number of rotatable bonds is 4. The second-order valence-electron chi connectivity index (χ2n) is 5.04. The Labute approximate surface area is 136 Å². The predicted molar refractivity (Wildman–Crippen MR) is 84.2 cm³/mol. The molecule has 0 spiro atoms. The number of amides is 1. The van der Waals surface area contributed by atoms with Crippen LogP contribution in [0.5, 0.6) is 0 Å². The Morgan fingerprint density at radius 2 is 2.04 bits per heavy atom. The first kappa shape index (κ1) is 15.6. The van der Waals surface area contributed by atoms with Crippen molar-refractivity contribution in [3.63, 3.8) is 0 Å². The smallest absolute Gasteiger partial charge is 0.273 e. The van der Waals surface area contributed by atoms with Crippen LogP contribution in [0.2, 0.25) is 0 Å². The van der Waals surface area contributed by atoms with Gasteiger partial charge in [-0.3, -0.25) is 4.79 Å². The molecule has 0 saturated heterocycles. The van der Waals surface area contributed by atoms with E-state index in [-0.39, 0.29) is 29.8 Å². The van der Waals surface area contributed by atoms with Crippen LogP contribution in [0.15, 0.2) is 41.1 Å². The summed E-state index contributed by atoms with van der Waals surface area (Å²) in [6.07, 6.45) is 2.89. The number of carbonyl (C=O) groups excluding carboxylic acids is 1. The minimum absolute atomic E-state index is 0.0184. The number of nitrogen functional groups attached to an aromatic ring is 1. The average Bonchev–Trinajstić information content (AvgIpc) is 3.10. The number of aryl methyl sites for hydroxylation is 1. The third-order valence-electron chi connectivity index (χ3n) is 3.31. The standard InChI is InChI=1S/C16H14FN5O2/c1-9-12(16-19-6-7-24-16)22-14(18)13(21-9)15(23)20-8-10-2-4-11(17)5-3-10/h2-7H,8H2,1H3,(H2,18,22)(H,20,23). The molecule has 122 valence electrons. The lowest BCUT2D eigenvalue weighted by Crippen LogP contribution is -2.26. The van der Waals surface area contributed by atoms with Crippen LogP contribution in [-0.4, -0.2) is 20.9 Å². The van der Waals surface area contributed by atoms with E-state index in [0.717, 1.165) is 5.56 Å². The van der Waals surface area contributed by atoms with Gasteiger partial charge in [0.15, 0.2) is 11.5 Å². The van der Waals surface area contributed by atoms with Crippen LogP contribution in [0.1, 0.15) is 21.7 Å². The highest BCUT2D eigenvalue weighted by molar-refractivity contribution is 5.96. The van der Waals surface area contributed by atoms with Crippen molar-refractivity contribution in [3.05, 3.63) is 59.5 Å². The van der Waals surface area contributed by atoms with Crippen molar-refractivity contribution in [3.8, 4) is 11.6 Å². The van der Waals surface area contributed by atoms with E-state index in [9.17, 15) is 9.18 Å². The first-order chi connectivity index (χ1) is 11.5. The number of carbonyl (C=O) groups is 1. The molecule has 0 radical (unpaired) electrons. The highest BCUT2D eigenvalue weighted by Gasteiger charge is 2.18. The molecule has 3 aromatic rings. The first-order valence-electron chi connectivity index (χ1n) is 7.11. The molecule has 0 atom stereocenters. The largest absolute Gasteiger partial charge is 0.443 e. The molecular weight excluding hydrogens is 313 g/mol. The molecule has 0 aliphatic rings. The molecule has 1 aromatic carbocycles. The van der Waals surface area contributed by atoms with Gasteiger partial charge in [0.25, 0.3) is 5.91 Å². The molecule has 3 rings (SSSR count). The lowest BCUT2D eigenvalue weighted by molar-refractivity contribution is 0.0946.